The number of rotatable bonds is 7. The van der Waals surface area contributed by atoms with Crippen LogP contribution in [0.2, 0.25) is 0 Å². The molecule has 1 atom stereocenters. The zero-order chi connectivity index (χ0) is 15.8. The zero-order valence-electron chi connectivity index (χ0n) is 13.1. The molecular formula is C16H23NO3S. The van der Waals surface area contributed by atoms with E-state index < -0.39 is 0 Å². The molecule has 0 aliphatic carbocycles. The van der Waals surface area contributed by atoms with Crippen molar-refractivity contribution in [1.82, 2.24) is 4.90 Å². The second-order valence-corrected chi connectivity index (χ2v) is 6.17. The van der Waals surface area contributed by atoms with E-state index in [4.69, 9.17) is 0 Å². The van der Waals surface area contributed by atoms with Crippen molar-refractivity contribution in [3.63, 3.8) is 0 Å². The lowest BCUT2D eigenvalue weighted by molar-refractivity contribution is -0.145. The van der Waals surface area contributed by atoms with Crippen molar-refractivity contribution in [1.29, 1.82) is 0 Å². The van der Waals surface area contributed by atoms with Gasteiger partial charge in [-0.05, 0) is 12.5 Å². The topological polar surface area (TPSA) is 46.6 Å². The maximum atomic E-state index is 12.0. The molecule has 1 aromatic carbocycles. The van der Waals surface area contributed by atoms with E-state index in [1.807, 2.05) is 6.07 Å². The fourth-order valence-electron chi connectivity index (χ4n) is 1.96. The van der Waals surface area contributed by atoms with Crippen molar-refractivity contribution >= 4 is 23.6 Å². The van der Waals surface area contributed by atoms with E-state index in [0.717, 1.165) is 5.75 Å². The first-order valence-corrected chi connectivity index (χ1v) is 8.04. The molecule has 21 heavy (non-hydrogen) atoms. The summed E-state index contributed by atoms with van der Waals surface area (Å²) in [6.07, 6.45) is 0. The molecule has 116 valence electrons. The quantitative estimate of drug-likeness (QED) is 0.726. The smallest absolute Gasteiger partial charge is 0.310 e. The maximum Gasteiger partial charge on any atom is 0.310 e. The van der Waals surface area contributed by atoms with Crippen LogP contribution < -0.4 is 0 Å². The average molecular weight is 309 g/mol. The summed E-state index contributed by atoms with van der Waals surface area (Å²) in [5.41, 5.74) is 2.45. The summed E-state index contributed by atoms with van der Waals surface area (Å²) in [7, 11) is 3.08. The molecule has 0 spiro atoms. The van der Waals surface area contributed by atoms with Crippen LogP contribution in [0.25, 0.3) is 0 Å². The van der Waals surface area contributed by atoms with Crippen LogP contribution in [-0.2, 0) is 20.1 Å². The van der Waals surface area contributed by atoms with Crippen LogP contribution in [0.15, 0.2) is 24.3 Å². The van der Waals surface area contributed by atoms with E-state index in [2.05, 4.69) is 29.9 Å². The van der Waals surface area contributed by atoms with Crippen molar-refractivity contribution in [2.75, 3.05) is 26.5 Å². The van der Waals surface area contributed by atoms with Gasteiger partial charge in [0.1, 0.15) is 0 Å². The fraction of sp³-hybridized carbons (Fsp3) is 0.500. The summed E-state index contributed by atoms with van der Waals surface area (Å²) in [4.78, 5) is 24.9. The van der Waals surface area contributed by atoms with E-state index in [1.54, 1.807) is 30.6 Å². The molecule has 0 saturated heterocycles. The van der Waals surface area contributed by atoms with Gasteiger partial charge in [0.25, 0.3) is 0 Å². The van der Waals surface area contributed by atoms with Crippen LogP contribution in [0.1, 0.15) is 18.1 Å². The number of ether oxygens (including phenoxy) is 1. The van der Waals surface area contributed by atoms with Crippen LogP contribution >= 0.6 is 11.8 Å². The van der Waals surface area contributed by atoms with Crippen molar-refractivity contribution in [2.45, 2.75) is 19.6 Å². The van der Waals surface area contributed by atoms with Gasteiger partial charge in [-0.3, -0.25) is 9.59 Å². The zero-order valence-corrected chi connectivity index (χ0v) is 13.9. The first-order chi connectivity index (χ1) is 9.93. The number of benzene rings is 1. The van der Waals surface area contributed by atoms with Gasteiger partial charge in [0.05, 0.1) is 18.8 Å². The summed E-state index contributed by atoms with van der Waals surface area (Å²) in [6, 6.07) is 8.27. The Balaban J connectivity index is 2.34. The largest absolute Gasteiger partial charge is 0.469 e. The summed E-state index contributed by atoms with van der Waals surface area (Å²) < 4.78 is 4.66. The molecule has 0 heterocycles. The Kier molecular flexibility index (Phi) is 7.29. The maximum absolute atomic E-state index is 12.0. The Hall–Kier alpha value is -1.49. The van der Waals surface area contributed by atoms with Crippen LogP contribution in [0.5, 0.6) is 0 Å². The number of esters is 1. The molecule has 1 unspecified atom stereocenters. The van der Waals surface area contributed by atoms with E-state index in [1.165, 1.54) is 18.2 Å². The Morgan fingerprint density at radius 3 is 2.71 bits per heavy atom. The van der Waals surface area contributed by atoms with E-state index in [9.17, 15) is 9.59 Å². The minimum absolute atomic E-state index is 0.0309. The molecule has 0 aromatic heterocycles. The molecule has 0 aliphatic rings. The van der Waals surface area contributed by atoms with Gasteiger partial charge in [-0.2, -0.15) is 0 Å². The molecule has 4 nitrogen and oxygen atoms in total. The standard InChI is InChI=1S/C16H23NO3S/c1-12-6-5-7-14(8-12)10-21-11-15(18)17(3)9-13(2)16(19)20-4/h5-8,13H,9-11H2,1-4H3. The Labute approximate surface area is 130 Å². The molecule has 1 rings (SSSR count). The number of amides is 1. The number of carbonyl (C=O) groups is 2. The van der Waals surface area contributed by atoms with Gasteiger partial charge in [-0.25, -0.2) is 0 Å². The third-order valence-corrected chi connectivity index (χ3v) is 4.14. The molecular weight excluding hydrogens is 286 g/mol. The van der Waals surface area contributed by atoms with Crippen molar-refractivity contribution in [2.24, 2.45) is 5.92 Å². The van der Waals surface area contributed by atoms with E-state index in [0.29, 0.717) is 12.3 Å². The summed E-state index contributed by atoms with van der Waals surface area (Å²) in [5.74, 6) is 0.669. The molecule has 0 radical (unpaired) electrons. The summed E-state index contributed by atoms with van der Waals surface area (Å²) in [5, 5.41) is 0. The molecule has 5 heteroatoms. The number of hydrogen-bond acceptors (Lipinski definition) is 4. The number of carbonyl (C=O) groups excluding carboxylic acids is 2. The van der Waals surface area contributed by atoms with Crippen molar-refractivity contribution in [3.8, 4) is 0 Å². The third-order valence-electron chi connectivity index (χ3n) is 3.15. The highest BCUT2D eigenvalue weighted by molar-refractivity contribution is 7.99. The Morgan fingerprint density at radius 1 is 1.38 bits per heavy atom. The lowest BCUT2D eigenvalue weighted by Crippen LogP contribution is -2.35. The lowest BCUT2D eigenvalue weighted by Gasteiger charge is -2.20. The monoisotopic (exact) mass is 309 g/mol. The number of hydrogen-bond donors (Lipinski definition) is 0. The van der Waals surface area contributed by atoms with Gasteiger partial charge in [0.2, 0.25) is 5.91 Å². The van der Waals surface area contributed by atoms with Crippen LogP contribution in [0, 0.1) is 12.8 Å². The van der Waals surface area contributed by atoms with Gasteiger partial charge in [0, 0.05) is 19.3 Å². The molecule has 1 aromatic rings. The van der Waals surface area contributed by atoms with Gasteiger partial charge in [-0.15, -0.1) is 11.8 Å². The number of methoxy groups -OCH3 is 1. The molecule has 0 fully saturated rings. The normalized spacial score (nSPS) is 11.8. The SMILES string of the molecule is COC(=O)C(C)CN(C)C(=O)CSCc1cccc(C)c1. The second-order valence-electron chi connectivity index (χ2n) is 5.18. The van der Waals surface area contributed by atoms with Gasteiger partial charge < -0.3 is 9.64 Å². The van der Waals surface area contributed by atoms with Crippen LogP contribution in [0.4, 0.5) is 0 Å². The number of aryl methyl sites for hydroxylation is 1. The van der Waals surface area contributed by atoms with Gasteiger partial charge in [0.15, 0.2) is 0 Å². The first-order valence-electron chi connectivity index (χ1n) is 6.89. The van der Waals surface area contributed by atoms with Crippen molar-refractivity contribution in [3.05, 3.63) is 35.4 Å². The number of thioether (sulfide) groups is 1. The summed E-state index contributed by atoms with van der Waals surface area (Å²) in [6.45, 7) is 4.20. The third kappa shape index (κ3) is 6.21. The summed E-state index contributed by atoms with van der Waals surface area (Å²) >= 11 is 1.59. The average Bonchev–Trinajstić information content (AvgIpc) is 2.46. The van der Waals surface area contributed by atoms with Gasteiger partial charge in [-0.1, -0.05) is 36.8 Å². The highest BCUT2D eigenvalue weighted by atomic mass is 32.2. The van der Waals surface area contributed by atoms with Crippen LogP contribution in [0.3, 0.4) is 0 Å². The van der Waals surface area contributed by atoms with Crippen LogP contribution in [-0.4, -0.2) is 43.2 Å². The fourth-order valence-corrected chi connectivity index (χ4v) is 2.87. The van der Waals surface area contributed by atoms with E-state index in [-0.39, 0.29) is 17.8 Å². The lowest BCUT2D eigenvalue weighted by atomic mass is 10.2. The minimum Gasteiger partial charge on any atom is -0.469 e. The Bertz CT molecular complexity index is 490. The van der Waals surface area contributed by atoms with Crippen molar-refractivity contribution < 1.29 is 14.3 Å². The first kappa shape index (κ1) is 17.6. The predicted octanol–water partition coefficient (Wildman–Crippen LogP) is 2.50. The molecule has 1 amide bonds. The second kappa shape index (κ2) is 8.72. The molecule has 0 bridgehead atoms. The van der Waals surface area contributed by atoms with Gasteiger partial charge >= 0.3 is 5.97 Å². The molecule has 0 aliphatic heterocycles. The Morgan fingerprint density at radius 2 is 2.10 bits per heavy atom. The highest BCUT2D eigenvalue weighted by Crippen LogP contribution is 2.14. The minimum atomic E-state index is -0.300. The predicted molar refractivity (Wildman–Crippen MR) is 86.2 cm³/mol. The molecule has 0 saturated carbocycles. The van der Waals surface area contributed by atoms with E-state index >= 15 is 0 Å². The molecule has 0 N–H and O–H groups in total. The number of nitrogens with zero attached hydrogens (tertiary/aromatic N) is 1. The highest BCUT2D eigenvalue weighted by Gasteiger charge is 2.18.